The van der Waals surface area contributed by atoms with Crippen molar-refractivity contribution in [1.29, 1.82) is 0 Å². The number of nitrogens with zero attached hydrogens (tertiary/aromatic N) is 2. The molecule has 6 nitrogen and oxygen atoms in total. The molecule has 1 aliphatic rings. The third-order valence-corrected chi connectivity index (χ3v) is 5.22. The molecule has 1 N–H and O–H groups in total. The number of hydrogen-bond donors (Lipinski definition) is 1. The average Bonchev–Trinajstić information content (AvgIpc) is 3.32. The molecule has 0 bridgehead atoms. The Hall–Kier alpha value is -3.54. The Balaban J connectivity index is 1.48. The van der Waals surface area contributed by atoms with Gasteiger partial charge in [0, 0.05) is 23.8 Å². The summed E-state index contributed by atoms with van der Waals surface area (Å²) in [5.74, 6) is 1.27. The van der Waals surface area contributed by atoms with Crippen molar-refractivity contribution in [2.24, 2.45) is 0 Å². The van der Waals surface area contributed by atoms with Gasteiger partial charge in [0.1, 0.15) is 0 Å². The molecule has 0 fully saturated rings. The fraction of sp³-hybridized carbons (Fsp3) is 0.217. The standard InChI is InChI=1S/C23H23N3O3/c1-15-19-9-5-4-7-16(19)11-20(15)23(27)25-18-12-24-26(14-18)13-17-8-6-10-21(28-2)22(17)29-3/h4-10,12,14H,11,13H2,1-3H3,(H,25,27). The predicted octanol–water partition coefficient (Wildman–Crippen LogP) is 3.92. The summed E-state index contributed by atoms with van der Waals surface area (Å²) in [7, 11) is 3.23. The van der Waals surface area contributed by atoms with E-state index in [4.69, 9.17) is 9.47 Å². The van der Waals surface area contributed by atoms with Crippen LogP contribution in [0.25, 0.3) is 5.57 Å². The monoisotopic (exact) mass is 389 g/mol. The van der Waals surface area contributed by atoms with Crippen LogP contribution in [-0.4, -0.2) is 29.9 Å². The lowest BCUT2D eigenvalue weighted by Crippen LogP contribution is -2.14. The lowest BCUT2D eigenvalue weighted by atomic mass is 10.1. The second-order valence-corrected chi connectivity index (χ2v) is 6.97. The molecule has 6 heteroatoms. The van der Waals surface area contributed by atoms with Gasteiger partial charge in [-0.1, -0.05) is 36.4 Å². The number of methoxy groups -OCH3 is 2. The summed E-state index contributed by atoms with van der Waals surface area (Å²) in [4.78, 5) is 12.8. The number of amides is 1. The van der Waals surface area contributed by atoms with Crippen LogP contribution in [0.4, 0.5) is 5.69 Å². The van der Waals surface area contributed by atoms with Crippen molar-refractivity contribution in [3.05, 3.63) is 77.1 Å². The highest BCUT2D eigenvalue weighted by Gasteiger charge is 2.23. The van der Waals surface area contributed by atoms with Gasteiger partial charge in [0.25, 0.3) is 5.91 Å². The van der Waals surface area contributed by atoms with E-state index in [9.17, 15) is 4.79 Å². The van der Waals surface area contributed by atoms with Crippen molar-refractivity contribution < 1.29 is 14.3 Å². The molecule has 1 aliphatic carbocycles. The van der Waals surface area contributed by atoms with Crippen LogP contribution < -0.4 is 14.8 Å². The van der Waals surface area contributed by atoms with Gasteiger partial charge >= 0.3 is 0 Å². The molecule has 148 valence electrons. The first-order valence-electron chi connectivity index (χ1n) is 9.42. The Kier molecular flexibility index (Phi) is 5.08. The van der Waals surface area contributed by atoms with Gasteiger partial charge in [0.2, 0.25) is 0 Å². The lowest BCUT2D eigenvalue weighted by molar-refractivity contribution is -0.112. The van der Waals surface area contributed by atoms with E-state index in [-0.39, 0.29) is 5.91 Å². The number of carbonyl (C=O) groups excluding carboxylic acids is 1. The topological polar surface area (TPSA) is 65.4 Å². The molecular weight excluding hydrogens is 366 g/mol. The average molecular weight is 389 g/mol. The number of hydrogen-bond acceptors (Lipinski definition) is 4. The minimum Gasteiger partial charge on any atom is -0.493 e. The van der Waals surface area contributed by atoms with Crippen LogP contribution in [-0.2, 0) is 17.8 Å². The molecule has 1 heterocycles. The van der Waals surface area contributed by atoms with Gasteiger partial charge in [0.15, 0.2) is 11.5 Å². The number of rotatable bonds is 6. The Morgan fingerprint density at radius 2 is 1.97 bits per heavy atom. The van der Waals surface area contributed by atoms with Crippen molar-refractivity contribution in [2.45, 2.75) is 19.9 Å². The van der Waals surface area contributed by atoms with Crippen LogP contribution in [0.5, 0.6) is 11.5 Å². The van der Waals surface area contributed by atoms with E-state index in [1.807, 2.05) is 43.5 Å². The van der Waals surface area contributed by atoms with Crippen molar-refractivity contribution in [2.75, 3.05) is 19.5 Å². The molecule has 29 heavy (non-hydrogen) atoms. The Morgan fingerprint density at radius 1 is 1.14 bits per heavy atom. The molecule has 0 spiro atoms. The van der Waals surface area contributed by atoms with E-state index >= 15 is 0 Å². The predicted molar refractivity (Wildman–Crippen MR) is 112 cm³/mol. The van der Waals surface area contributed by atoms with Gasteiger partial charge < -0.3 is 14.8 Å². The molecule has 1 amide bonds. The van der Waals surface area contributed by atoms with Crippen molar-refractivity contribution in [3.63, 3.8) is 0 Å². The number of ether oxygens (including phenoxy) is 2. The summed E-state index contributed by atoms with van der Waals surface area (Å²) in [6.07, 6.45) is 4.13. The number of para-hydroxylation sites is 1. The maximum absolute atomic E-state index is 12.8. The molecule has 4 rings (SSSR count). The maximum atomic E-state index is 12.8. The normalized spacial score (nSPS) is 12.7. The molecule has 0 unspecified atom stereocenters. The first kappa shape index (κ1) is 18.8. The summed E-state index contributed by atoms with van der Waals surface area (Å²) >= 11 is 0. The van der Waals surface area contributed by atoms with Crippen LogP contribution in [0.1, 0.15) is 23.6 Å². The fourth-order valence-corrected chi connectivity index (χ4v) is 3.75. The largest absolute Gasteiger partial charge is 0.493 e. The molecule has 1 aromatic heterocycles. The Bertz CT molecular complexity index is 1100. The van der Waals surface area contributed by atoms with Gasteiger partial charge in [-0.3, -0.25) is 9.48 Å². The maximum Gasteiger partial charge on any atom is 0.252 e. The summed E-state index contributed by atoms with van der Waals surface area (Å²) in [6, 6.07) is 13.9. The molecular formula is C23H23N3O3. The van der Waals surface area contributed by atoms with Crippen LogP contribution in [0.2, 0.25) is 0 Å². The SMILES string of the molecule is COc1cccc(Cn2cc(NC(=O)C3=C(C)c4ccccc4C3)cn2)c1OC. The number of anilines is 1. The molecule has 3 aromatic rings. The Morgan fingerprint density at radius 3 is 2.72 bits per heavy atom. The van der Waals surface area contributed by atoms with Crippen molar-refractivity contribution in [3.8, 4) is 11.5 Å². The molecule has 2 aromatic carbocycles. The third kappa shape index (κ3) is 3.61. The van der Waals surface area contributed by atoms with Crippen LogP contribution in [0.15, 0.2) is 60.4 Å². The van der Waals surface area contributed by atoms with E-state index in [1.54, 1.807) is 25.1 Å². The highest BCUT2D eigenvalue weighted by Crippen LogP contribution is 2.33. The molecule has 0 aliphatic heterocycles. The quantitative estimate of drug-likeness (QED) is 0.694. The van der Waals surface area contributed by atoms with E-state index < -0.39 is 0 Å². The van der Waals surface area contributed by atoms with Crippen LogP contribution in [0, 0.1) is 0 Å². The van der Waals surface area contributed by atoms with Gasteiger partial charge in [-0.25, -0.2) is 0 Å². The van der Waals surface area contributed by atoms with Gasteiger partial charge in [-0.2, -0.15) is 5.10 Å². The zero-order valence-electron chi connectivity index (χ0n) is 16.7. The van der Waals surface area contributed by atoms with E-state index in [2.05, 4.69) is 22.5 Å². The number of fused-ring (bicyclic) bond motifs is 1. The molecule has 0 saturated heterocycles. The fourth-order valence-electron chi connectivity index (χ4n) is 3.75. The molecule has 0 saturated carbocycles. The Labute approximate surface area is 169 Å². The highest BCUT2D eigenvalue weighted by molar-refractivity contribution is 6.10. The van der Waals surface area contributed by atoms with Crippen LogP contribution in [0.3, 0.4) is 0 Å². The third-order valence-electron chi connectivity index (χ3n) is 5.22. The highest BCUT2D eigenvalue weighted by atomic mass is 16.5. The summed E-state index contributed by atoms with van der Waals surface area (Å²) in [6.45, 7) is 2.50. The number of aromatic nitrogens is 2. The second kappa shape index (κ2) is 7.83. The zero-order valence-corrected chi connectivity index (χ0v) is 16.7. The van der Waals surface area contributed by atoms with Gasteiger partial charge in [-0.05, 0) is 29.7 Å². The summed E-state index contributed by atoms with van der Waals surface area (Å²) in [5.41, 5.74) is 5.78. The first-order chi connectivity index (χ1) is 14.1. The van der Waals surface area contributed by atoms with E-state index in [0.717, 1.165) is 22.3 Å². The van der Waals surface area contributed by atoms with Gasteiger partial charge in [-0.15, -0.1) is 0 Å². The van der Waals surface area contributed by atoms with Crippen LogP contribution >= 0.6 is 0 Å². The summed E-state index contributed by atoms with van der Waals surface area (Å²) < 4.78 is 12.6. The second-order valence-electron chi connectivity index (χ2n) is 6.97. The number of benzene rings is 2. The lowest BCUT2D eigenvalue weighted by Gasteiger charge is -2.12. The number of nitrogens with one attached hydrogen (secondary N) is 1. The zero-order chi connectivity index (χ0) is 20.4. The van der Waals surface area contributed by atoms with Gasteiger partial charge in [0.05, 0.1) is 32.6 Å². The summed E-state index contributed by atoms with van der Waals surface area (Å²) in [5, 5.41) is 7.34. The minimum absolute atomic E-state index is 0.0859. The van der Waals surface area contributed by atoms with Crippen molar-refractivity contribution in [1.82, 2.24) is 9.78 Å². The molecule has 0 atom stereocenters. The van der Waals surface area contributed by atoms with Crippen molar-refractivity contribution >= 4 is 17.2 Å². The first-order valence-corrected chi connectivity index (χ1v) is 9.42. The number of carbonyl (C=O) groups is 1. The minimum atomic E-state index is -0.0859. The van der Waals surface area contributed by atoms with E-state index in [0.29, 0.717) is 30.2 Å². The number of allylic oxidation sites excluding steroid dienone is 1. The smallest absolute Gasteiger partial charge is 0.252 e. The van der Waals surface area contributed by atoms with E-state index in [1.165, 1.54) is 5.56 Å². The molecule has 0 radical (unpaired) electrons.